The highest BCUT2D eigenvalue weighted by Gasteiger charge is 2.67. The molecule has 7 rings (SSSR count). The Kier molecular flexibility index (Phi) is 5.22. The summed E-state index contributed by atoms with van der Waals surface area (Å²) in [6.45, 7) is 10.4. The van der Waals surface area contributed by atoms with Crippen LogP contribution in [0.5, 0.6) is 0 Å². The van der Waals surface area contributed by atoms with Gasteiger partial charge in [0.05, 0.1) is 30.0 Å². The number of hydrogen-bond donors (Lipinski definition) is 2. The van der Waals surface area contributed by atoms with Crippen molar-refractivity contribution in [3.8, 4) is 0 Å². The number of nitrogens with one attached hydrogen (secondary N) is 1. The van der Waals surface area contributed by atoms with Gasteiger partial charge in [0.25, 0.3) is 0 Å². The Bertz CT molecular complexity index is 1310. The predicted molar refractivity (Wildman–Crippen MR) is 137 cm³/mol. The summed E-state index contributed by atoms with van der Waals surface area (Å²) in [7, 11) is 0. The van der Waals surface area contributed by atoms with Crippen LogP contribution in [0.2, 0.25) is 0 Å². The number of ether oxygens (including phenoxy) is 1. The Morgan fingerprint density at radius 1 is 1.31 bits per heavy atom. The van der Waals surface area contributed by atoms with Crippen LogP contribution in [-0.2, 0) is 20.5 Å². The SMILES string of the molecule is Cc1cc(N2CC[C@](C)(c3ccccc3)C2)cn2nc(C34CC(CO3)C4C(=O)NCC(C)(C)O)nc12. The van der Waals surface area contributed by atoms with Crippen molar-refractivity contribution in [1.29, 1.82) is 0 Å². The van der Waals surface area contributed by atoms with Gasteiger partial charge in [-0.25, -0.2) is 9.50 Å². The maximum Gasteiger partial charge on any atom is 0.226 e. The van der Waals surface area contributed by atoms with E-state index in [1.54, 1.807) is 13.8 Å². The number of amides is 1. The molecule has 3 unspecified atom stereocenters. The van der Waals surface area contributed by atoms with Crippen molar-refractivity contribution < 1.29 is 14.6 Å². The second-order valence-electron chi connectivity index (χ2n) is 11.9. The molecule has 1 aliphatic carbocycles. The number of hydrogen-bond acceptors (Lipinski definition) is 6. The molecule has 2 N–H and O–H groups in total. The number of rotatable bonds is 6. The molecular formula is C28H35N5O3. The summed E-state index contributed by atoms with van der Waals surface area (Å²) in [6.07, 6.45) is 3.90. The van der Waals surface area contributed by atoms with Gasteiger partial charge in [-0.2, -0.15) is 0 Å². The fraction of sp³-hybridized carbons (Fsp3) is 0.536. The van der Waals surface area contributed by atoms with Gasteiger partial charge in [-0.1, -0.05) is 37.3 Å². The third kappa shape index (κ3) is 3.69. The standard InChI is InChI=1S/C28H35N5O3/c1-18-12-21(32-11-10-27(4,17-32)20-8-6-5-7-9-20)14-33-23(18)30-25(31-33)28-13-19(15-36-28)22(28)24(34)29-16-26(2,3)35/h5-9,12,14,19,22,35H,10-11,13,15-17H2,1-4H3,(H,29,34)/t19?,22?,27-,28?/m0/s1. The van der Waals surface area contributed by atoms with E-state index < -0.39 is 11.2 Å². The van der Waals surface area contributed by atoms with Crippen LogP contribution >= 0.6 is 0 Å². The van der Waals surface area contributed by atoms with Crippen molar-refractivity contribution in [1.82, 2.24) is 19.9 Å². The van der Waals surface area contributed by atoms with Gasteiger partial charge in [0.15, 0.2) is 11.5 Å². The molecule has 1 saturated carbocycles. The molecule has 4 fully saturated rings. The fourth-order valence-corrected chi connectivity index (χ4v) is 6.29. The Hall–Kier alpha value is -2.97. The number of aromatic nitrogens is 3. The zero-order chi connectivity index (χ0) is 25.3. The molecule has 36 heavy (non-hydrogen) atoms. The van der Waals surface area contributed by atoms with Gasteiger partial charge >= 0.3 is 0 Å². The van der Waals surface area contributed by atoms with E-state index in [9.17, 15) is 9.90 Å². The van der Waals surface area contributed by atoms with Crippen molar-refractivity contribution >= 4 is 17.2 Å². The minimum Gasteiger partial charge on any atom is -0.389 e. The van der Waals surface area contributed by atoms with Crippen molar-refractivity contribution in [2.24, 2.45) is 11.8 Å². The van der Waals surface area contributed by atoms with Gasteiger partial charge in [-0.15, -0.1) is 5.10 Å². The summed E-state index contributed by atoms with van der Waals surface area (Å²) in [5.41, 5.74) is 2.71. The first kappa shape index (κ1) is 23.4. The van der Waals surface area contributed by atoms with E-state index in [1.807, 2.05) is 4.52 Å². The Balaban J connectivity index is 1.27. The summed E-state index contributed by atoms with van der Waals surface area (Å²) >= 11 is 0. The molecule has 0 spiro atoms. The molecule has 3 saturated heterocycles. The van der Waals surface area contributed by atoms with E-state index in [4.69, 9.17) is 14.8 Å². The van der Waals surface area contributed by atoms with Crippen LogP contribution in [0.1, 0.15) is 50.6 Å². The molecule has 8 heteroatoms. The summed E-state index contributed by atoms with van der Waals surface area (Å²) in [4.78, 5) is 20.3. The van der Waals surface area contributed by atoms with Crippen LogP contribution in [0.3, 0.4) is 0 Å². The Morgan fingerprint density at radius 3 is 2.81 bits per heavy atom. The lowest BCUT2D eigenvalue weighted by Gasteiger charge is -2.41. The molecule has 1 amide bonds. The quantitative estimate of drug-likeness (QED) is 0.553. The molecular weight excluding hydrogens is 454 g/mol. The Labute approximate surface area is 211 Å². The highest BCUT2D eigenvalue weighted by Crippen LogP contribution is 2.59. The van der Waals surface area contributed by atoms with Gasteiger partial charge < -0.3 is 20.1 Å². The lowest BCUT2D eigenvalue weighted by atomic mass is 9.63. The molecule has 1 aromatic carbocycles. The number of fused-ring (bicyclic) bond motifs is 2. The van der Waals surface area contributed by atoms with Crippen LogP contribution in [0.15, 0.2) is 42.6 Å². The van der Waals surface area contributed by atoms with Crippen LogP contribution < -0.4 is 10.2 Å². The minimum absolute atomic E-state index is 0.0978. The van der Waals surface area contributed by atoms with E-state index >= 15 is 0 Å². The van der Waals surface area contributed by atoms with Gasteiger partial charge in [-0.3, -0.25) is 4.79 Å². The lowest BCUT2D eigenvalue weighted by molar-refractivity contribution is -0.144. The maximum absolute atomic E-state index is 13.0. The number of aliphatic hydroxyl groups is 1. The van der Waals surface area contributed by atoms with Crippen molar-refractivity contribution in [3.63, 3.8) is 0 Å². The van der Waals surface area contributed by atoms with Crippen LogP contribution in [0, 0.1) is 18.8 Å². The summed E-state index contributed by atoms with van der Waals surface area (Å²) in [6, 6.07) is 12.9. The van der Waals surface area contributed by atoms with E-state index in [1.165, 1.54) is 5.56 Å². The van der Waals surface area contributed by atoms with E-state index in [0.29, 0.717) is 12.4 Å². The third-order valence-electron chi connectivity index (χ3n) is 8.36. The zero-order valence-electron chi connectivity index (χ0n) is 21.5. The molecule has 8 nitrogen and oxygen atoms in total. The third-order valence-corrected chi connectivity index (χ3v) is 8.36. The van der Waals surface area contributed by atoms with Crippen molar-refractivity contribution in [3.05, 3.63) is 59.5 Å². The second kappa shape index (κ2) is 8.02. The second-order valence-corrected chi connectivity index (χ2v) is 11.9. The number of pyridine rings is 1. The number of nitrogens with zero attached hydrogens (tertiary/aromatic N) is 4. The molecule has 2 bridgehead atoms. The molecule has 4 atom stereocenters. The molecule has 0 radical (unpaired) electrons. The largest absolute Gasteiger partial charge is 0.389 e. The highest BCUT2D eigenvalue weighted by atomic mass is 16.5. The van der Waals surface area contributed by atoms with Crippen molar-refractivity contribution in [2.75, 3.05) is 31.1 Å². The minimum atomic E-state index is -0.965. The first-order valence-electron chi connectivity index (χ1n) is 12.9. The molecule has 3 aromatic rings. The number of carbonyl (C=O) groups excluding carboxylic acids is 1. The molecule has 190 valence electrons. The molecule has 2 aromatic heterocycles. The monoisotopic (exact) mass is 489 g/mol. The maximum atomic E-state index is 13.0. The molecule has 4 aliphatic rings. The average Bonchev–Trinajstić information content (AvgIpc) is 3.60. The van der Waals surface area contributed by atoms with Gasteiger partial charge in [0.2, 0.25) is 5.91 Å². The number of benzene rings is 1. The topological polar surface area (TPSA) is 92.0 Å². The van der Waals surface area contributed by atoms with E-state index in [2.05, 4.69) is 66.7 Å². The normalized spacial score (nSPS) is 29.5. The predicted octanol–water partition coefficient (Wildman–Crippen LogP) is 2.95. The van der Waals surface area contributed by atoms with Crippen molar-refractivity contribution in [2.45, 2.75) is 57.2 Å². The summed E-state index contributed by atoms with van der Waals surface area (Å²) < 4.78 is 8.02. The smallest absolute Gasteiger partial charge is 0.226 e. The number of carbonyl (C=O) groups is 1. The van der Waals surface area contributed by atoms with Crippen LogP contribution in [-0.4, -0.2) is 57.5 Å². The van der Waals surface area contributed by atoms with Gasteiger partial charge in [0.1, 0.15) is 5.60 Å². The van der Waals surface area contributed by atoms with E-state index in [-0.39, 0.29) is 29.7 Å². The number of aryl methyl sites for hydroxylation is 1. The Morgan fingerprint density at radius 2 is 2.08 bits per heavy atom. The summed E-state index contributed by atoms with van der Waals surface area (Å²) in [5.74, 6) is 0.312. The first-order chi connectivity index (χ1) is 17.1. The molecule has 3 aliphatic heterocycles. The van der Waals surface area contributed by atoms with Gasteiger partial charge in [-0.05, 0) is 50.8 Å². The first-order valence-corrected chi connectivity index (χ1v) is 12.9. The van der Waals surface area contributed by atoms with E-state index in [0.717, 1.165) is 42.8 Å². The summed E-state index contributed by atoms with van der Waals surface area (Å²) in [5, 5.41) is 17.8. The average molecular weight is 490 g/mol. The lowest BCUT2D eigenvalue weighted by Crippen LogP contribution is -2.55. The zero-order valence-corrected chi connectivity index (χ0v) is 21.5. The van der Waals surface area contributed by atoms with Crippen LogP contribution in [0.4, 0.5) is 5.69 Å². The van der Waals surface area contributed by atoms with Gasteiger partial charge in [0, 0.05) is 31.0 Å². The number of anilines is 1. The highest BCUT2D eigenvalue weighted by molar-refractivity contribution is 5.82. The van der Waals surface area contributed by atoms with Crippen LogP contribution in [0.25, 0.3) is 5.65 Å². The fourth-order valence-electron chi connectivity index (χ4n) is 6.29. The molecule has 5 heterocycles.